The maximum absolute atomic E-state index is 13.3. The smallest absolute Gasteiger partial charge is 0.266 e. The number of aromatic nitrogens is 2. The fourth-order valence-corrected chi connectivity index (χ4v) is 4.44. The van der Waals surface area contributed by atoms with Crippen LogP contribution < -0.4 is 20.3 Å². The van der Waals surface area contributed by atoms with Crippen LogP contribution in [0.1, 0.15) is 6.92 Å². The fraction of sp³-hybridized carbons (Fsp3) is 0.160. The Hall–Kier alpha value is -3.49. The molecule has 0 radical (unpaired) electrons. The van der Waals surface area contributed by atoms with Crippen LogP contribution >= 0.6 is 23.4 Å². The van der Waals surface area contributed by atoms with Gasteiger partial charge in [-0.1, -0.05) is 35.5 Å². The van der Waals surface area contributed by atoms with Gasteiger partial charge < -0.3 is 14.8 Å². The number of fused-ring (bicyclic) bond motifs is 1. The number of halogens is 1. The van der Waals surface area contributed by atoms with E-state index in [-0.39, 0.29) is 17.2 Å². The number of methoxy groups -OCH3 is 1. The predicted molar refractivity (Wildman–Crippen MR) is 136 cm³/mol. The van der Waals surface area contributed by atoms with Crippen LogP contribution in [-0.4, -0.2) is 34.9 Å². The van der Waals surface area contributed by atoms with Crippen LogP contribution in [0.25, 0.3) is 16.6 Å². The molecule has 174 valence electrons. The van der Waals surface area contributed by atoms with Gasteiger partial charge in [0.1, 0.15) is 11.5 Å². The molecule has 1 aromatic heterocycles. The van der Waals surface area contributed by atoms with Crippen LogP contribution in [0.3, 0.4) is 0 Å². The van der Waals surface area contributed by atoms with Gasteiger partial charge in [0.25, 0.3) is 5.56 Å². The molecule has 3 aromatic carbocycles. The van der Waals surface area contributed by atoms with Gasteiger partial charge in [-0.05, 0) is 61.5 Å². The Morgan fingerprint density at radius 1 is 1.12 bits per heavy atom. The van der Waals surface area contributed by atoms with Crippen molar-refractivity contribution < 1.29 is 14.3 Å². The quantitative estimate of drug-likeness (QED) is 0.268. The molecule has 0 spiro atoms. The second kappa shape index (κ2) is 10.6. The molecule has 0 bridgehead atoms. The Morgan fingerprint density at radius 2 is 1.88 bits per heavy atom. The third-order valence-electron chi connectivity index (χ3n) is 4.92. The van der Waals surface area contributed by atoms with E-state index < -0.39 is 0 Å². The lowest BCUT2D eigenvalue weighted by Gasteiger charge is -2.14. The molecule has 7 nitrogen and oxygen atoms in total. The van der Waals surface area contributed by atoms with E-state index in [9.17, 15) is 9.59 Å². The number of carbonyl (C=O) groups excluding carboxylic acids is 1. The van der Waals surface area contributed by atoms with Crippen LogP contribution in [0, 0.1) is 0 Å². The van der Waals surface area contributed by atoms with Crippen LogP contribution in [0.4, 0.5) is 5.69 Å². The molecule has 0 aliphatic rings. The second-order valence-electron chi connectivity index (χ2n) is 7.17. The van der Waals surface area contributed by atoms with Gasteiger partial charge in [-0.15, -0.1) is 0 Å². The lowest BCUT2D eigenvalue weighted by atomic mass is 10.2. The number of nitrogens with one attached hydrogen (secondary N) is 1. The number of ether oxygens (including phenoxy) is 2. The van der Waals surface area contributed by atoms with Crippen molar-refractivity contribution in [3.63, 3.8) is 0 Å². The van der Waals surface area contributed by atoms with E-state index in [1.807, 2.05) is 13.0 Å². The molecule has 9 heteroatoms. The Labute approximate surface area is 205 Å². The lowest BCUT2D eigenvalue weighted by Crippen LogP contribution is -2.23. The Balaban J connectivity index is 1.62. The third kappa shape index (κ3) is 5.18. The topological polar surface area (TPSA) is 82.4 Å². The Bertz CT molecular complexity index is 1390. The van der Waals surface area contributed by atoms with Gasteiger partial charge in [0.05, 0.1) is 41.1 Å². The van der Waals surface area contributed by atoms with Crippen LogP contribution in [0.15, 0.2) is 76.7 Å². The highest BCUT2D eigenvalue weighted by atomic mass is 35.5. The van der Waals surface area contributed by atoms with E-state index in [0.717, 1.165) is 0 Å². The number of benzene rings is 3. The summed E-state index contributed by atoms with van der Waals surface area (Å²) in [4.78, 5) is 30.6. The molecule has 0 saturated heterocycles. The number of hydrogen-bond donors (Lipinski definition) is 1. The molecular weight excluding hydrogens is 474 g/mol. The van der Waals surface area contributed by atoms with Gasteiger partial charge in [-0.3, -0.25) is 14.2 Å². The summed E-state index contributed by atoms with van der Waals surface area (Å²) in [6, 6.07) is 19.3. The molecular formula is C25H22ClN3O4S. The van der Waals surface area contributed by atoms with Gasteiger partial charge in [0, 0.05) is 5.69 Å². The van der Waals surface area contributed by atoms with Crippen molar-refractivity contribution >= 4 is 45.9 Å². The van der Waals surface area contributed by atoms with E-state index in [2.05, 4.69) is 10.3 Å². The number of hydrogen-bond acceptors (Lipinski definition) is 6. The minimum Gasteiger partial charge on any atom is -0.495 e. The summed E-state index contributed by atoms with van der Waals surface area (Å²) in [6.45, 7) is 2.46. The highest BCUT2D eigenvalue weighted by molar-refractivity contribution is 7.99. The molecule has 4 rings (SSSR count). The highest BCUT2D eigenvalue weighted by Gasteiger charge is 2.15. The molecule has 0 atom stereocenters. The maximum atomic E-state index is 13.3. The molecule has 0 aliphatic heterocycles. The Morgan fingerprint density at radius 3 is 2.59 bits per heavy atom. The number of rotatable bonds is 8. The first kappa shape index (κ1) is 23.7. The summed E-state index contributed by atoms with van der Waals surface area (Å²) in [5, 5.41) is 4.11. The minimum absolute atomic E-state index is 0.0471. The van der Waals surface area contributed by atoms with Crippen molar-refractivity contribution in [1.82, 2.24) is 9.55 Å². The largest absolute Gasteiger partial charge is 0.495 e. The zero-order chi connectivity index (χ0) is 24.1. The van der Waals surface area contributed by atoms with E-state index in [1.54, 1.807) is 60.7 Å². The van der Waals surface area contributed by atoms with Crippen molar-refractivity contribution in [2.24, 2.45) is 0 Å². The van der Waals surface area contributed by atoms with Gasteiger partial charge in [0.15, 0.2) is 5.16 Å². The van der Waals surface area contributed by atoms with Crippen molar-refractivity contribution in [2.45, 2.75) is 12.1 Å². The van der Waals surface area contributed by atoms with Gasteiger partial charge >= 0.3 is 0 Å². The molecule has 0 fully saturated rings. The average molecular weight is 496 g/mol. The van der Waals surface area contributed by atoms with Crippen LogP contribution in [0.2, 0.25) is 5.02 Å². The van der Waals surface area contributed by atoms with Gasteiger partial charge in [-0.25, -0.2) is 4.98 Å². The molecule has 1 amide bonds. The number of amides is 1. The molecule has 1 heterocycles. The molecule has 0 unspecified atom stereocenters. The Kier molecular flexibility index (Phi) is 7.40. The molecule has 34 heavy (non-hydrogen) atoms. The van der Waals surface area contributed by atoms with Crippen LogP contribution in [0.5, 0.6) is 11.5 Å². The highest BCUT2D eigenvalue weighted by Crippen LogP contribution is 2.28. The molecule has 0 saturated carbocycles. The van der Waals surface area contributed by atoms with Crippen molar-refractivity contribution in [3.8, 4) is 17.2 Å². The average Bonchev–Trinajstić information content (AvgIpc) is 2.84. The number of para-hydroxylation sites is 1. The van der Waals surface area contributed by atoms with Crippen LogP contribution in [-0.2, 0) is 4.79 Å². The first-order valence-electron chi connectivity index (χ1n) is 10.5. The second-order valence-corrected chi connectivity index (χ2v) is 8.51. The molecule has 1 N–H and O–H groups in total. The summed E-state index contributed by atoms with van der Waals surface area (Å²) < 4.78 is 12.2. The predicted octanol–water partition coefficient (Wildman–Crippen LogP) is 5.18. The lowest BCUT2D eigenvalue weighted by molar-refractivity contribution is -0.113. The first-order valence-corrected chi connectivity index (χ1v) is 11.9. The SMILES string of the molecule is CCOc1ccc(-n2c(SCC(=O)Nc3ccc(OC)c(Cl)c3)nc3ccccc3c2=O)cc1. The van der Waals surface area contributed by atoms with E-state index in [4.69, 9.17) is 21.1 Å². The molecule has 0 aliphatic carbocycles. The summed E-state index contributed by atoms with van der Waals surface area (Å²) >= 11 is 7.32. The van der Waals surface area contributed by atoms with E-state index in [0.29, 0.717) is 50.6 Å². The monoisotopic (exact) mass is 495 g/mol. The normalized spacial score (nSPS) is 10.8. The third-order valence-corrected chi connectivity index (χ3v) is 6.15. The van der Waals surface area contributed by atoms with E-state index in [1.165, 1.54) is 23.4 Å². The zero-order valence-electron chi connectivity index (χ0n) is 18.6. The fourth-order valence-electron chi connectivity index (χ4n) is 3.37. The first-order chi connectivity index (χ1) is 16.5. The number of thioether (sulfide) groups is 1. The summed E-state index contributed by atoms with van der Waals surface area (Å²) in [5.41, 5.74) is 1.54. The standard InChI is InChI=1S/C25H22ClN3O4S/c1-3-33-18-11-9-17(10-12-18)29-24(31)19-6-4-5-7-21(19)28-25(29)34-15-23(30)27-16-8-13-22(32-2)20(26)14-16/h4-14H,3,15H2,1-2H3,(H,27,30). The summed E-state index contributed by atoms with van der Waals surface area (Å²) in [6.07, 6.45) is 0. The van der Waals surface area contributed by atoms with Gasteiger partial charge in [-0.2, -0.15) is 0 Å². The molecule has 4 aromatic rings. The van der Waals surface area contributed by atoms with Gasteiger partial charge in [0.2, 0.25) is 5.91 Å². The summed E-state index contributed by atoms with van der Waals surface area (Å²) in [7, 11) is 1.52. The summed E-state index contributed by atoms with van der Waals surface area (Å²) in [5.74, 6) is 1.02. The number of carbonyl (C=O) groups is 1. The number of nitrogens with zero attached hydrogens (tertiary/aromatic N) is 2. The number of anilines is 1. The van der Waals surface area contributed by atoms with Crippen molar-refractivity contribution in [3.05, 3.63) is 82.1 Å². The minimum atomic E-state index is -0.258. The van der Waals surface area contributed by atoms with Crippen molar-refractivity contribution in [2.75, 3.05) is 24.8 Å². The van der Waals surface area contributed by atoms with Crippen molar-refractivity contribution in [1.29, 1.82) is 0 Å². The zero-order valence-corrected chi connectivity index (χ0v) is 20.2. The van der Waals surface area contributed by atoms with E-state index >= 15 is 0 Å². The maximum Gasteiger partial charge on any atom is 0.266 e.